The van der Waals surface area contributed by atoms with E-state index in [4.69, 9.17) is 15.2 Å². The van der Waals surface area contributed by atoms with Crippen LogP contribution in [-0.2, 0) is 25.5 Å². The SMILES string of the molecule is NC(=O)CO[C@H]1CCOC[C@H]1NC(=O)CCc1cccc(F)c1. The zero-order valence-corrected chi connectivity index (χ0v) is 12.8. The van der Waals surface area contributed by atoms with E-state index in [1.165, 1.54) is 12.1 Å². The van der Waals surface area contributed by atoms with Crippen molar-refractivity contribution >= 4 is 11.8 Å². The molecule has 126 valence electrons. The second-order valence-electron chi connectivity index (χ2n) is 5.48. The van der Waals surface area contributed by atoms with E-state index in [1.807, 2.05) is 0 Å². The Kier molecular flexibility index (Phi) is 6.49. The minimum atomic E-state index is -0.548. The van der Waals surface area contributed by atoms with Crippen LogP contribution in [0.5, 0.6) is 0 Å². The summed E-state index contributed by atoms with van der Waals surface area (Å²) in [5, 5.41) is 2.84. The molecule has 23 heavy (non-hydrogen) atoms. The van der Waals surface area contributed by atoms with Gasteiger partial charge in [-0.25, -0.2) is 4.39 Å². The maximum atomic E-state index is 13.1. The number of hydrogen-bond donors (Lipinski definition) is 2. The topological polar surface area (TPSA) is 90.7 Å². The number of halogens is 1. The molecule has 0 aromatic heterocycles. The summed E-state index contributed by atoms with van der Waals surface area (Å²) in [6.07, 6.45) is 0.976. The highest BCUT2D eigenvalue weighted by atomic mass is 19.1. The summed E-state index contributed by atoms with van der Waals surface area (Å²) in [4.78, 5) is 22.9. The van der Waals surface area contributed by atoms with Gasteiger partial charge < -0.3 is 20.5 Å². The molecule has 0 unspecified atom stereocenters. The van der Waals surface area contributed by atoms with E-state index in [2.05, 4.69) is 5.32 Å². The van der Waals surface area contributed by atoms with Crippen molar-refractivity contribution in [1.29, 1.82) is 0 Å². The van der Waals surface area contributed by atoms with Gasteiger partial charge in [-0.2, -0.15) is 0 Å². The minimum Gasteiger partial charge on any atom is -0.379 e. The number of primary amides is 1. The van der Waals surface area contributed by atoms with Gasteiger partial charge in [0.2, 0.25) is 11.8 Å². The third-order valence-corrected chi connectivity index (χ3v) is 3.61. The first-order valence-electron chi connectivity index (χ1n) is 7.56. The number of carbonyl (C=O) groups excluding carboxylic acids is 2. The van der Waals surface area contributed by atoms with Gasteiger partial charge >= 0.3 is 0 Å². The largest absolute Gasteiger partial charge is 0.379 e. The molecule has 2 atom stereocenters. The van der Waals surface area contributed by atoms with Crippen molar-refractivity contribution in [3.63, 3.8) is 0 Å². The molecule has 1 aliphatic heterocycles. The van der Waals surface area contributed by atoms with Gasteiger partial charge in [0.1, 0.15) is 12.4 Å². The Morgan fingerprint density at radius 2 is 2.26 bits per heavy atom. The number of aryl methyl sites for hydroxylation is 1. The Labute approximate surface area is 134 Å². The van der Waals surface area contributed by atoms with Gasteiger partial charge in [-0.1, -0.05) is 12.1 Å². The summed E-state index contributed by atoms with van der Waals surface area (Å²) in [6, 6.07) is 5.85. The number of benzene rings is 1. The molecule has 1 heterocycles. The van der Waals surface area contributed by atoms with Crippen molar-refractivity contribution < 1.29 is 23.5 Å². The summed E-state index contributed by atoms with van der Waals surface area (Å²) in [6.45, 7) is 0.661. The van der Waals surface area contributed by atoms with Gasteiger partial charge in [0.25, 0.3) is 0 Å². The molecular formula is C16H21FN2O4. The van der Waals surface area contributed by atoms with Crippen molar-refractivity contribution in [3.8, 4) is 0 Å². The lowest BCUT2D eigenvalue weighted by Gasteiger charge is -2.31. The van der Waals surface area contributed by atoms with Crippen molar-refractivity contribution in [1.82, 2.24) is 5.32 Å². The Morgan fingerprint density at radius 3 is 3.00 bits per heavy atom. The van der Waals surface area contributed by atoms with E-state index in [9.17, 15) is 14.0 Å². The highest BCUT2D eigenvalue weighted by molar-refractivity contribution is 5.76. The average Bonchev–Trinajstić information content (AvgIpc) is 2.52. The van der Waals surface area contributed by atoms with Crippen molar-refractivity contribution in [2.45, 2.75) is 31.4 Å². The first-order valence-corrected chi connectivity index (χ1v) is 7.56. The van der Waals surface area contributed by atoms with E-state index in [1.54, 1.807) is 12.1 Å². The third-order valence-electron chi connectivity index (χ3n) is 3.61. The molecule has 1 saturated heterocycles. The number of hydrogen-bond acceptors (Lipinski definition) is 4. The molecule has 1 aromatic carbocycles. The van der Waals surface area contributed by atoms with Crippen LogP contribution < -0.4 is 11.1 Å². The Morgan fingerprint density at radius 1 is 1.43 bits per heavy atom. The van der Waals surface area contributed by atoms with Gasteiger partial charge in [0, 0.05) is 13.0 Å². The average molecular weight is 324 g/mol. The fourth-order valence-electron chi connectivity index (χ4n) is 2.47. The molecule has 3 N–H and O–H groups in total. The molecule has 0 radical (unpaired) electrons. The Hall–Kier alpha value is -1.99. The predicted molar refractivity (Wildman–Crippen MR) is 81.0 cm³/mol. The van der Waals surface area contributed by atoms with Crippen LogP contribution in [0.4, 0.5) is 4.39 Å². The van der Waals surface area contributed by atoms with Gasteiger partial charge in [0.05, 0.1) is 18.8 Å². The monoisotopic (exact) mass is 324 g/mol. The molecular weight excluding hydrogens is 303 g/mol. The van der Waals surface area contributed by atoms with Gasteiger partial charge in [0.15, 0.2) is 0 Å². The smallest absolute Gasteiger partial charge is 0.243 e. The van der Waals surface area contributed by atoms with Crippen LogP contribution in [0.3, 0.4) is 0 Å². The predicted octanol–water partition coefficient (Wildman–Crippen LogP) is 0.534. The van der Waals surface area contributed by atoms with E-state index in [0.29, 0.717) is 26.1 Å². The molecule has 0 saturated carbocycles. The summed E-state index contributed by atoms with van der Waals surface area (Å²) in [7, 11) is 0. The molecule has 2 amide bonds. The summed E-state index contributed by atoms with van der Waals surface area (Å²) >= 11 is 0. The molecule has 0 aliphatic carbocycles. The number of nitrogens with two attached hydrogens (primary N) is 1. The second kappa shape index (κ2) is 8.59. The molecule has 1 fully saturated rings. The fourth-order valence-corrected chi connectivity index (χ4v) is 2.47. The lowest BCUT2D eigenvalue weighted by molar-refractivity contribution is -0.131. The van der Waals surface area contributed by atoms with Crippen LogP contribution in [0.25, 0.3) is 0 Å². The van der Waals surface area contributed by atoms with Gasteiger partial charge in [-0.05, 0) is 30.5 Å². The maximum absolute atomic E-state index is 13.1. The van der Waals surface area contributed by atoms with Crippen LogP contribution in [0.15, 0.2) is 24.3 Å². The molecule has 6 nitrogen and oxygen atoms in total. The van der Waals surface area contributed by atoms with Crippen molar-refractivity contribution in [2.75, 3.05) is 19.8 Å². The minimum absolute atomic E-state index is 0.169. The number of carbonyl (C=O) groups is 2. The van der Waals surface area contributed by atoms with Crippen LogP contribution in [-0.4, -0.2) is 43.8 Å². The van der Waals surface area contributed by atoms with E-state index < -0.39 is 5.91 Å². The maximum Gasteiger partial charge on any atom is 0.243 e. The fraction of sp³-hybridized carbons (Fsp3) is 0.500. The highest BCUT2D eigenvalue weighted by Gasteiger charge is 2.28. The Bertz CT molecular complexity index is 553. The summed E-state index contributed by atoms with van der Waals surface area (Å²) < 4.78 is 23.8. The highest BCUT2D eigenvalue weighted by Crippen LogP contribution is 2.13. The normalized spacial score (nSPS) is 20.9. The Balaban J connectivity index is 1.81. The zero-order chi connectivity index (χ0) is 16.7. The standard InChI is InChI=1S/C16H21FN2O4/c17-12-3-1-2-11(8-12)4-5-16(21)19-13-9-22-7-6-14(13)23-10-15(18)20/h1-3,8,13-14H,4-7,9-10H2,(H2,18,20)(H,19,21)/t13-,14+/m1/s1. The quantitative estimate of drug-likeness (QED) is 0.766. The van der Waals surface area contributed by atoms with Crippen LogP contribution in [0.1, 0.15) is 18.4 Å². The first-order chi connectivity index (χ1) is 11.0. The van der Waals surface area contributed by atoms with Crippen LogP contribution >= 0.6 is 0 Å². The van der Waals surface area contributed by atoms with Gasteiger partial charge in [-0.15, -0.1) is 0 Å². The van der Waals surface area contributed by atoms with E-state index in [-0.39, 0.29) is 36.9 Å². The zero-order valence-electron chi connectivity index (χ0n) is 12.8. The number of amides is 2. The second-order valence-corrected chi connectivity index (χ2v) is 5.48. The summed E-state index contributed by atoms with van der Waals surface area (Å²) in [5.41, 5.74) is 5.83. The summed E-state index contributed by atoms with van der Waals surface area (Å²) in [5.74, 6) is -1.03. The molecule has 1 aromatic rings. The van der Waals surface area contributed by atoms with Crippen molar-refractivity contribution in [3.05, 3.63) is 35.6 Å². The van der Waals surface area contributed by atoms with E-state index in [0.717, 1.165) is 5.56 Å². The van der Waals surface area contributed by atoms with Crippen LogP contribution in [0.2, 0.25) is 0 Å². The van der Waals surface area contributed by atoms with Crippen LogP contribution in [0, 0.1) is 5.82 Å². The van der Waals surface area contributed by atoms with Crippen molar-refractivity contribution in [2.24, 2.45) is 5.73 Å². The molecule has 2 rings (SSSR count). The van der Waals surface area contributed by atoms with Gasteiger partial charge in [-0.3, -0.25) is 9.59 Å². The third kappa shape index (κ3) is 5.96. The number of rotatable bonds is 7. The molecule has 0 bridgehead atoms. The molecule has 1 aliphatic rings. The first kappa shape index (κ1) is 17.4. The lowest BCUT2D eigenvalue weighted by atomic mass is 10.1. The van der Waals surface area contributed by atoms with E-state index >= 15 is 0 Å². The molecule has 7 heteroatoms. The lowest BCUT2D eigenvalue weighted by Crippen LogP contribution is -2.51. The number of ether oxygens (including phenoxy) is 2. The number of nitrogens with one attached hydrogen (secondary N) is 1. The molecule has 0 spiro atoms.